The van der Waals surface area contributed by atoms with Gasteiger partial charge in [-0.25, -0.2) is 0 Å². The summed E-state index contributed by atoms with van der Waals surface area (Å²) in [5, 5.41) is 16.4. The number of fused-ring (bicyclic) bond motifs is 1. The van der Waals surface area contributed by atoms with Gasteiger partial charge in [0.25, 0.3) is 11.6 Å². The molecule has 0 bridgehead atoms. The highest BCUT2D eigenvalue weighted by Crippen LogP contribution is 2.29. The first-order chi connectivity index (χ1) is 14.3. The summed E-state index contributed by atoms with van der Waals surface area (Å²) in [6.07, 6.45) is 0. The van der Waals surface area contributed by atoms with E-state index in [0.29, 0.717) is 5.69 Å². The summed E-state index contributed by atoms with van der Waals surface area (Å²) in [5.41, 5.74) is 0.776. The van der Waals surface area contributed by atoms with Crippen LogP contribution in [0, 0.1) is 10.1 Å². The molecule has 8 nitrogen and oxygen atoms in total. The molecule has 0 fully saturated rings. The fourth-order valence-electron chi connectivity index (χ4n) is 3.03. The Morgan fingerprint density at radius 1 is 0.967 bits per heavy atom. The predicted molar refractivity (Wildman–Crippen MR) is 117 cm³/mol. The number of benzene rings is 3. The van der Waals surface area contributed by atoms with Gasteiger partial charge in [-0.15, -0.1) is 0 Å². The predicted octanol–water partition coefficient (Wildman–Crippen LogP) is 3.52. The summed E-state index contributed by atoms with van der Waals surface area (Å²) < 4.78 is 0. The van der Waals surface area contributed by atoms with Crippen LogP contribution in [0.25, 0.3) is 10.8 Å². The normalized spacial score (nSPS) is 10.5. The van der Waals surface area contributed by atoms with Gasteiger partial charge >= 0.3 is 0 Å². The number of anilines is 2. The van der Waals surface area contributed by atoms with Gasteiger partial charge in [0.15, 0.2) is 0 Å². The minimum absolute atomic E-state index is 0.0174. The molecule has 3 aromatic rings. The maximum absolute atomic E-state index is 12.7. The van der Waals surface area contributed by atoms with Crippen molar-refractivity contribution in [2.24, 2.45) is 0 Å². The molecule has 154 valence electrons. The summed E-state index contributed by atoms with van der Waals surface area (Å²) in [5.74, 6) is -0.642. The zero-order valence-corrected chi connectivity index (χ0v) is 17.0. The van der Waals surface area contributed by atoms with Gasteiger partial charge in [-0.05, 0) is 35.0 Å². The number of carbonyl (C=O) groups is 2. The van der Waals surface area contributed by atoms with Crippen LogP contribution in [-0.2, 0) is 4.79 Å². The Morgan fingerprint density at radius 2 is 1.67 bits per heavy atom. The van der Waals surface area contributed by atoms with Gasteiger partial charge in [0.05, 0.1) is 11.5 Å². The molecule has 0 saturated heterocycles. The number of hydrogen-bond donors (Lipinski definition) is 1. The van der Waals surface area contributed by atoms with Gasteiger partial charge < -0.3 is 15.1 Å². The van der Waals surface area contributed by atoms with E-state index in [9.17, 15) is 19.7 Å². The molecule has 0 unspecified atom stereocenters. The van der Waals surface area contributed by atoms with E-state index in [1.165, 1.54) is 28.0 Å². The molecular formula is C22H22N4O4. The van der Waals surface area contributed by atoms with E-state index in [2.05, 4.69) is 5.32 Å². The van der Waals surface area contributed by atoms with Crippen molar-refractivity contribution in [3.63, 3.8) is 0 Å². The minimum Gasteiger partial charge on any atom is -0.360 e. The van der Waals surface area contributed by atoms with Crippen molar-refractivity contribution < 1.29 is 14.5 Å². The first-order valence-corrected chi connectivity index (χ1v) is 9.26. The van der Waals surface area contributed by atoms with Crippen LogP contribution in [0.5, 0.6) is 0 Å². The molecular weight excluding hydrogens is 384 g/mol. The van der Waals surface area contributed by atoms with Crippen molar-refractivity contribution in [2.75, 3.05) is 37.9 Å². The molecule has 8 heteroatoms. The number of amides is 2. The zero-order chi connectivity index (χ0) is 21.8. The first kappa shape index (κ1) is 20.8. The Bertz CT molecular complexity index is 1130. The number of nitro benzene ring substituents is 1. The van der Waals surface area contributed by atoms with Crippen molar-refractivity contribution in [2.45, 2.75) is 0 Å². The summed E-state index contributed by atoms with van der Waals surface area (Å²) >= 11 is 0. The Labute approximate surface area is 173 Å². The van der Waals surface area contributed by atoms with Crippen molar-refractivity contribution in [3.8, 4) is 0 Å². The molecule has 0 aliphatic heterocycles. The van der Waals surface area contributed by atoms with Crippen molar-refractivity contribution in [1.29, 1.82) is 0 Å². The van der Waals surface area contributed by atoms with Crippen LogP contribution in [0.15, 0.2) is 60.7 Å². The fourth-order valence-corrected chi connectivity index (χ4v) is 3.03. The summed E-state index contributed by atoms with van der Waals surface area (Å²) in [7, 11) is 4.83. The molecule has 0 heterocycles. The molecule has 0 saturated carbocycles. The largest absolute Gasteiger partial charge is 0.360 e. The second-order valence-electron chi connectivity index (χ2n) is 7.12. The number of nitrogens with zero attached hydrogens (tertiary/aromatic N) is 3. The number of likely N-dealkylation sites (N-methyl/N-ethyl adjacent to an activating group) is 2. The maximum Gasteiger partial charge on any atom is 0.293 e. The fraction of sp³-hybridized carbons (Fsp3) is 0.182. The van der Waals surface area contributed by atoms with Gasteiger partial charge in [-0.2, -0.15) is 0 Å². The van der Waals surface area contributed by atoms with E-state index in [-0.39, 0.29) is 29.4 Å². The monoisotopic (exact) mass is 406 g/mol. The molecule has 0 aromatic heterocycles. The molecule has 0 aliphatic rings. The highest BCUT2D eigenvalue weighted by molar-refractivity contribution is 6.06. The van der Waals surface area contributed by atoms with Gasteiger partial charge in [0.2, 0.25) is 5.91 Å². The SMILES string of the molecule is CN(C)C(=O)CN(C)c1ccc(C(=O)Nc2ccc3ccccc3c2)cc1[N+](=O)[O-]. The number of nitrogens with one attached hydrogen (secondary N) is 1. The Kier molecular flexibility index (Phi) is 5.96. The van der Waals surface area contributed by atoms with Crippen molar-refractivity contribution >= 4 is 39.6 Å². The van der Waals surface area contributed by atoms with Crippen LogP contribution in [0.4, 0.5) is 17.1 Å². The topological polar surface area (TPSA) is 95.8 Å². The van der Waals surface area contributed by atoms with Gasteiger partial charge in [0.1, 0.15) is 5.69 Å². The van der Waals surface area contributed by atoms with Crippen LogP contribution in [0.1, 0.15) is 10.4 Å². The van der Waals surface area contributed by atoms with Crippen LogP contribution in [-0.4, -0.2) is 49.3 Å². The average molecular weight is 406 g/mol. The molecule has 3 rings (SSSR count). The standard InChI is InChI=1S/C22H22N4O4/c1-24(2)21(27)14-25(3)19-11-9-17(13-20(19)26(29)30)22(28)23-18-10-8-15-6-4-5-7-16(15)12-18/h4-13H,14H2,1-3H3,(H,23,28). The van der Waals surface area contributed by atoms with Crippen LogP contribution < -0.4 is 10.2 Å². The molecule has 3 aromatic carbocycles. The smallest absolute Gasteiger partial charge is 0.293 e. The highest BCUT2D eigenvalue weighted by atomic mass is 16.6. The number of carbonyl (C=O) groups excluding carboxylic acids is 2. The first-order valence-electron chi connectivity index (χ1n) is 9.26. The van der Waals surface area contributed by atoms with Crippen LogP contribution in [0.3, 0.4) is 0 Å². The molecule has 30 heavy (non-hydrogen) atoms. The maximum atomic E-state index is 12.7. The summed E-state index contributed by atoms with van der Waals surface area (Å²) in [6, 6.07) is 17.5. The van der Waals surface area contributed by atoms with Crippen LogP contribution >= 0.6 is 0 Å². The number of rotatable bonds is 6. The lowest BCUT2D eigenvalue weighted by atomic mass is 10.1. The van der Waals surface area contributed by atoms with E-state index in [4.69, 9.17) is 0 Å². The lowest BCUT2D eigenvalue weighted by Gasteiger charge is -2.21. The summed E-state index contributed by atoms with van der Waals surface area (Å²) in [4.78, 5) is 38.5. The number of nitro groups is 1. The zero-order valence-electron chi connectivity index (χ0n) is 17.0. The molecule has 1 N–H and O–H groups in total. The third kappa shape index (κ3) is 4.54. The molecule has 0 aliphatic carbocycles. The van der Waals surface area contributed by atoms with Crippen molar-refractivity contribution in [1.82, 2.24) is 4.90 Å². The van der Waals surface area contributed by atoms with Gasteiger partial charge in [-0.3, -0.25) is 19.7 Å². The molecule has 2 amide bonds. The second-order valence-corrected chi connectivity index (χ2v) is 7.12. The summed E-state index contributed by atoms with van der Waals surface area (Å²) in [6.45, 7) is -0.0174. The van der Waals surface area contributed by atoms with E-state index in [0.717, 1.165) is 10.8 Å². The second kappa shape index (κ2) is 8.60. The van der Waals surface area contributed by atoms with E-state index >= 15 is 0 Å². The van der Waals surface area contributed by atoms with E-state index in [1.807, 2.05) is 36.4 Å². The third-order valence-electron chi connectivity index (χ3n) is 4.72. The number of hydrogen-bond acceptors (Lipinski definition) is 5. The van der Waals surface area contributed by atoms with Crippen molar-refractivity contribution in [3.05, 3.63) is 76.3 Å². The van der Waals surface area contributed by atoms with Gasteiger partial charge in [0, 0.05) is 38.5 Å². The molecule has 0 radical (unpaired) electrons. The highest BCUT2D eigenvalue weighted by Gasteiger charge is 2.22. The lowest BCUT2D eigenvalue weighted by molar-refractivity contribution is -0.384. The molecule has 0 atom stereocenters. The van der Waals surface area contributed by atoms with Gasteiger partial charge in [-0.1, -0.05) is 30.3 Å². The average Bonchev–Trinajstić information content (AvgIpc) is 2.72. The Balaban J connectivity index is 1.84. The van der Waals surface area contributed by atoms with Crippen LogP contribution in [0.2, 0.25) is 0 Å². The minimum atomic E-state index is -0.557. The van der Waals surface area contributed by atoms with E-state index < -0.39 is 10.8 Å². The van der Waals surface area contributed by atoms with E-state index in [1.54, 1.807) is 27.2 Å². The lowest BCUT2D eigenvalue weighted by Crippen LogP contribution is -2.34. The quantitative estimate of drug-likeness (QED) is 0.499. The molecule has 0 spiro atoms. The Morgan fingerprint density at radius 3 is 2.33 bits per heavy atom. The Hall–Kier alpha value is -3.94. The third-order valence-corrected chi connectivity index (χ3v) is 4.72.